The van der Waals surface area contributed by atoms with Crippen molar-refractivity contribution in [1.29, 1.82) is 0 Å². The number of halogens is 2. The molecule has 18 heavy (non-hydrogen) atoms. The number of rotatable bonds is 3. The zero-order chi connectivity index (χ0) is 13.3. The molecule has 0 aliphatic carbocycles. The minimum atomic E-state index is -0.941. The van der Waals surface area contributed by atoms with Crippen molar-refractivity contribution in [2.45, 2.75) is 6.42 Å². The highest BCUT2D eigenvalue weighted by Crippen LogP contribution is 2.23. The first kappa shape index (κ1) is 12.5. The standard InChI is InChI=1S/C12H11F2NO3/c13-8-2-1-3-9(14)11(8)12(18)15-5-7(6-15)4-10(16)17/h1-3,7H,4-6H2,(H,16,17). The smallest absolute Gasteiger partial charge is 0.303 e. The lowest BCUT2D eigenvalue weighted by Crippen LogP contribution is -2.51. The Labute approximate surface area is 102 Å². The van der Waals surface area contributed by atoms with Crippen LogP contribution < -0.4 is 0 Å². The first-order chi connectivity index (χ1) is 8.49. The Morgan fingerprint density at radius 2 is 1.83 bits per heavy atom. The maximum atomic E-state index is 13.3. The molecule has 1 amide bonds. The van der Waals surface area contributed by atoms with Crippen LogP contribution in [0.1, 0.15) is 16.8 Å². The molecule has 0 bridgehead atoms. The SMILES string of the molecule is O=C(O)CC1CN(C(=O)c2c(F)cccc2F)C1. The Balaban J connectivity index is 2.04. The predicted octanol–water partition coefficient (Wildman–Crippen LogP) is 1.51. The van der Waals surface area contributed by atoms with Gasteiger partial charge in [-0.2, -0.15) is 0 Å². The fourth-order valence-electron chi connectivity index (χ4n) is 1.97. The van der Waals surface area contributed by atoms with Crippen LogP contribution in [0.2, 0.25) is 0 Å². The van der Waals surface area contributed by atoms with Gasteiger partial charge in [0, 0.05) is 19.0 Å². The van der Waals surface area contributed by atoms with E-state index in [-0.39, 0.29) is 25.4 Å². The molecule has 1 saturated heterocycles. The Kier molecular flexibility index (Phi) is 3.27. The number of carbonyl (C=O) groups is 2. The molecule has 0 atom stereocenters. The molecule has 1 aromatic rings. The van der Waals surface area contributed by atoms with Crippen molar-refractivity contribution in [3.63, 3.8) is 0 Å². The van der Waals surface area contributed by atoms with Crippen molar-refractivity contribution in [3.8, 4) is 0 Å². The molecule has 2 rings (SSSR count). The van der Waals surface area contributed by atoms with Crippen LogP contribution in [0.3, 0.4) is 0 Å². The minimum Gasteiger partial charge on any atom is -0.481 e. The van der Waals surface area contributed by atoms with Crippen LogP contribution in [0.25, 0.3) is 0 Å². The van der Waals surface area contributed by atoms with Gasteiger partial charge in [-0.15, -0.1) is 0 Å². The number of hydrogen-bond donors (Lipinski definition) is 1. The van der Waals surface area contributed by atoms with E-state index in [9.17, 15) is 18.4 Å². The summed E-state index contributed by atoms with van der Waals surface area (Å²) in [5.41, 5.74) is -0.578. The number of likely N-dealkylation sites (tertiary alicyclic amines) is 1. The Bertz CT molecular complexity index is 478. The zero-order valence-corrected chi connectivity index (χ0v) is 9.40. The molecule has 0 saturated carbocycles. The second-order valence-corrected chi connectivity index (χ2v) is 4.27. The van der Waals surface area contributed by atoms with E-state index in [0.29, 0.717) is 0 Å². The zero-order valence-electron chi connectivity index (χ0n) is 9.40. The first-order valence-electron chi connectivity index (χ1n) is 5.44. The van der Waals surface area contributed by atoms with Crippen molar-refractivity contribution in [3.05, 3.63) is 35.4 Å². The summed E-state index contributed by atoms with van der Waals surface area (Å²) in [4.78, 5) is 23.5. The number of nitrogens with zero attached hydrogens (tertiary/aromatic N) is 1. The van der Waals surface area contributed by atoms with Gasteiger partial charge < -0.3 is 10.0 Å². The molecule has 0 aromatic heterocycles. The molecule has 1 aliphatic rings. The lowest BCUT2D eigenvalue weighted by Gasteiger charge is -2.38. The molecule has 0 radical (unpaired) electrons. The number of benzene rings is 1. The van der Waals surface area contributed by atoms with Crippen LogP contribution in [0.4, 0.5) is 8.78 Å². The fourth-order valence-corrected chi connectivity index (χ4v) is 1.97. The number of carbonyl (C=O) groups excluding carboxylic acids is 1. The monoisotopic (exact) mass is 255 g/mol. The van der Waals surface area contributed by atoms with E-state index in [1.54, 1.807) is 0 Å². The van der Waals surface area contributed by atoms with Crippen LogP contribution in [0, 0.1) is 17.6 Å². The van der Waals surface area contributed by atoms with Crippen molar-refractivity contribution in [2.75, 3.05) is 13.1 Å². The highest BCUT2D eigenvalue weighted by molar-refractivity contribution is 5.95. The van der Waals surface area contributed by atoms with Crippen LogP contribution in [0.15, 0.2) is 18.2 Å². The second kappa shape index (κ2) is 4.72. The predicted molar refractivity (Wildman–Crippen MR) is 58.0 cm³/mol. The normalized spacial score (nSPS) is 15.3. The quantitative estimate of drug-likeness (QED) is 0.890. The van der Waals surface area contributed by atoms with Crippen LogP contribution in [-0.4, -0.2) is 35.0 Å². The number of amides is 1. The third-order valence-electron chi connectivity index (χ3n) is 2.88. The summed E-state index contributed by atoms with van der Waals surface area (Å²) in [5, 5.41) is 8.56. The summed E-state index contributed by atoms with van der Waals surface area (Å²) in [7, 11) is 0. The third-order valence-corrected chi connectivity index (χ3v) is 2.88. The molecule has 96 valence electrons. The fraction of sp³-hybridized carbons (Fsp3) is 0.333. The maximum absolute atomic E-state index is 13.3. The van der Waals surface area contributed by atoms with Crippen LogP contribution in [-0.2, 0) is 4.79 Å². The van der Waals surface area contributed by atoms with Crippen molar-refractivity contribution < 1.29 is 23.5 Å². The average molecular weight is 255 g/mol. The van der Waals surface area contributed by atoms with Gasteiger partial charge in [-0.05, 0) is 12.1 Å². The Hall–Kier alpha value is -1.98. The highest BCUT2D eigenvalue weighted by atomic mass is 19.1. The number of hydrogen-bond acceptors (Lipinski definition) is 2. The van der Waals surface area contributed by atoms with Gasteiger partial charge in [-0.25, -0.2) is 8.78 Å². The van der Waals surface area contributed by atoms with E-state index in [0.717, 1.165) is 12.1 Å². The van der Waals surface area contributed by atoms with E-state index in [4.69, 9.17) is 5.11 Å². The van der Waals surface area contributed by atoms with Crippen molar-refractivity contribution >= 4 is 11.9 Å². The summed E-state index contributed by atoms with van der Waals surface area (Å²) < 4.78 is 26.7. The molecule has 1 heterocycles. The largest absolute Gasteiger partial charge is 0.481 e. The van der Waals surface area contributed by atoms with Crippen molar-refractivity contribution in [2.24, 2.45) is 5.92 Å². The molecular formula is C12H11F2NO3. The second-order valence-electron chi connectivity index (χ2n) is 4.27. The molecule has 1 fully saturated rings. The third kappa shape index (κ3) is 2.32. The molecule has 4 nitrogen and oxygen atoms in total. The van der Waals surface area contributed by atoms with Gasteiger partial charge in [0.1, 0.15) is 17.2 Å². The van der Waals surface area contributed by atoms with Gasteiger partial charge in [-0.3, -0.25) is 9.59 Å². The van der Waals surface area contributed by atoms with Gasteiger partial charge in [0.2, 0.25) is 0 Å². The first-order valence-corrected chi connectivity index (χ1v) is 5.44. The molecule has 0 spiro atoms. The summed E-state index contributed by atoms with van der Waals surface area (Å²) in [6.45, 7) is 0.442. The maximum Gasteiger partial charge on any atom is 0.303 e. The molecular weight excluding hydrogens is 244 g/mol. The number of carboxylic acids is 1. The van der Waals surface area contributed by atoms with E-state index < -0.39 is 29.1 Å². The highest BCUT2D eigenvalue weighted by Gasteiger charge is 2.34. The summed E-state index contributed by atoms with van der Waals surface area (Å²) in [6, 6.07) is 3.22. The molecule has 6 heteroatoms. The van der Waals surface area contributed by atoms with Crippen LogP contribution in [0.5, 0.6) is 0 Å². The summed E-state index contributed by atoms with van der Waals surface area (Å²) in [5.74, 6) is -3.61. The van der Waals surface area contributed by atoms with Gasteiger partial charge >= 0.3 is 5.97 Å². The molecule has 1 aromatic carbocycles. The number of aliphatic carboxylic acids is 1. The minimum absolute atomic E-state index is 0.0382. The summed E-state index contributed by atoms with van der Waals surface area (Å²) >= 11 is 0. The van der Waals surface area contributed by atoms with E-state index in [2.05, 4.69) is 0 Å². The van der Waals surface area contributed by atoms with Gasteiger partial charge in [0.25, 0.3) is 5.91 Å². The topological polar surface area (TPSA) is 57.6 Å². The van der Waals surface area contributed by atoms with Crippen LogP contribution >= 0.6 is 0 Å². The summed E-state index contributed by atoms with van der Waals surface area (Å²) in [6.07, 6.45) is -0.0382. The Morgan fingerprint density at radius 3 is 2.33 bits per heavy atom. The Morgan fingerprint density at radius 1 is 1.28 bits per heavy atom. The van der Waals surface area contributed by atoms with E-state index >= 15 is 0 Å². The number of carboxylic acid groups (broad SMARTS) is 1. The molecule has 1 N–H and O–H groups in total. The van der Waals surface area contributed by atoms with Crippen molar-refractivity contribution in [1.82, 2.24) is 4.90 Å². The van der Waals surface area contributed by atoms with Gasteiger partial charge in [0.15, 0.2) is 0 Å². The van der Waals surface area contributed by atoms with E-state index in [1.165, 1.54) is 11.0 Å². The lowest BCUT2D eigenvalue weighted by molar-refractivity contribution is -0.139. The van der Waals surface area contributed by atoms with Gasteiger partial charge in [0.05, 0.1) is 6.42 Å². The molecule has 0 unspecified atom stereocenters. The molecule has 1 aliphatic heterocycles. The lowest BCUT2D eigenvalue weighted by atomic mass is 9.95. The van der Waals surface area contributed by atoms with E-state index in [1.807, 2.05) is 0 Å². The average Bonchev–Trinajstić information content (AvgIpc) is 2.22. The van der Waals surface area contributed by atoms with Gasteiger partial charge in [-0.1, -0.05) is 6.07 Å².